The van der Waals surface area contributed by atoms with Gasteiger partial charge in [0.25, 0.3) is 5.91 Å². The summed E-state index contributed by atoms with van der Waals surface area (Å²) in [5.74, 6) is 0.00313. The smallest absolute Gasteiger partial charge is 0.254 e. The molecule has 1 aromatic carbocycles. The second kappa shape index (κ2) is 7.95. The number of aromatic nitrogens is 4. The Morgan fingerprint density at radius 2 is 2.04 bits per heavy atom. The highest BCUT2D eigenvalue weighted by Crippen LogP contribution is 2.20. The quantitative estimate of drug-likeness (QED) is 0.712. The molecule has 3 aromatic rings. The van der Waals surface area contributed by atoms with Gasteiger partial charge in [-0.15, -0.1) is 16.4 Å². The number of tetrazole rings is 1. The highest BCUT2D eigenvalue weighted by Gasteiger charge is 2.24. The zero-order valence-electron chi connectivity index (χ0n) is 14.7. The second-order valence-corrected chi connectivity index (χ2v) is 7.41. The topological polar surface area (TPSA) is 87.4 Å². The van der Waals surface area contributed by atoms with Crippen molar-refractivity contribution in [1.82, 2.24) is 30.0 Å². The lowest BCUT2D eigenvalue weighted by Crippen LogP contribution is -2.49. The van der Waals surface area contributed by atoms with Gasteiger partial charge in [-0.05, 0) is 40.1 Å². The molecule has 4 rings (SSSR count). The van der Waals surface area contributed by atoms with E-state index < -0.39 is 6.10 Å². The molecule has 1 fully saturated rings. The van der Waals surface area contributed by atoms with Crippen LogP contribution in [0.4, 0.5) is 0 Å². The first kappa shape index (κ1) is 17.8. The van der Waals surface area contributed by atoms with Crippen molar-refractivity contribution >= 4 is 17.2 Å². The van der Waals surface area contributed by atoms with Gasteiger partial charge in [-0.25, -0.2) is 4.68 Å². The molecule has 8 nitrogen and oxygen atoms in total. The van der Waals surface area contributed by atoms with Crippen LogP contribution in [0.3, 0.4) is 0 Å². The maximum absolute atomic E-state index is 12.8. The number of carbonyl (C=O) groups is 1. The molecule has 0 saturated carbocycles. The van der Waals surface area contributed by atoms with Crippen molar-refractivity contribution in [2.75, 3.05) is 32.7 Å². The lowest BCUT2D eigenvalue weighted by Gasteiger charge is -2.35. The van der Waals surface area contributed by atoms with Crippen molar-refractivity contribution in [1.29, 1.82) is 0 Å². The molecule has 1 amide bonds. The Labute approximate surface area is 160 Å². The minimum atomic E-state index is -0.472. The summed E-state index contributed by atoms with van der Waals surface area (Å²) >= 11 is 1.57. The Bertz CT molecular complexity index is 875. The molecule has 3 heterocycles. The van der Waals surface area contributed by atoms with Crippen LogP contribution >= 0.6 is 11.3 Å². The van der Waals surface area contributed by atoms with Crippen LogP contribution < -0.4 is 0 Å². The number of nitrogens with zero attached hydrogens (tertiary/aromatic N) is 6. The van der Waals surface area contributed by atoms with Gasteiger partial charge in [0.1, 0.15) is 12.4 Å². The minimum absolute atomic E-state index is 0.00313. The van der Waals surface area contributed by atoms with E-state index >= 15 is 0 Å². The molecule has 2 aromatic heterocycles. The molecule has 1 unspecified atom stereocenters. The number of hydrogen-bond donors (Lipinski definition) is 1. The van der Waals surface area contributed by atoms with Crippen molar-refractivity contribution in [3.8, 4) is 5.69 Å². The van der Waals surface area contributed by atoms with E-state index in [2.05, 4.69) is 20.4 Å². The second-order valence-electron chi connectivity index (χ2n) is 6.43. The average Bonchev–Trinajstić information content (AvgIpc) is 3.42. The number of β-amino-alcohol motifs (C(OH)–C–C–N with tert-alkyl or cyclic N) is 1. The summed E-state index contributed by atoms with van der Waals surface area (Å²) in [6.07, 6.45) is 1.03. The zero-order chi connectivity index (χ0) is 18.6. The number of rotatable bonds is 5. The van der Waals surface area contributed by atoms with Crippen LogP contribution in [0, 0.1) is 0 Å². The van der Waals surface area contributed by atoms with E-state index in [1.165, 1.54) is 11.0 Å². The fourth-order valence-corrected chi connectivity index (χ4v) is 3.90. The van der Waals surface area contributed by atoms with Gasteiger partial charge in [0.2, 0.25) is 0 Å². The van der Waals surface area contributed by atoms with Crippen LogP contribution in [-0.4, -0.2) is 73.7 Å². The number of benzene rings is 1. The predicted octanol–water partition coefficient (Wildman–Crippen LogP) is 1.22. The maximum Gasteiger partial charge on any atom is 0.254 e. The minimum Gasteiger partial charge on any atom is -0.386 e. The standard InChI is InChI=1S/C18H20N6O2S/c25-16(17-5-2-10-27-17)12-22-6-8-23(9-7-22)18(26)14-3-1-4-15(11-14)24-13-19-20-21-24/h1-5,10-11,13,16,25H,6-9,12H2. The van der Waals surface area contributed by atoms with Crippen LogP contribution in [0.15, 0.2) is 48.1 Å². The van der Waals surface area contributed by atoms with Gasteiger partial charge < -0.3 is 10.0 Å². The molecule has 1 N–H and O–H groups in total. The van der Waals surface area contributed by atoms with Gasteiger partial charge in [0.05, 0.1) is 5.69 Å². The van der Waals surface area contributed by atoms with Gasteiger partial charge in [-0.3, -0.25) is 9.69 Å². The SMILES string of the molecule is O=C(c1cccc(-n2cnnn2)c1)N1CCN(CC(O)c2cccs2)CC1. The summed E-state index contributed by atoms with van der Waals surface area (Å²) in [5.41, 5.74) is 1.37. The molecule has 140 valence electrons. The van der Waals surface area contributed by atoms with Gasteiger partial charge in [0, 0.05) is 43.2 Å². The van der Waals surface area contributed by atoms with Crippen molar-refractivity contribution in [2.45, 2.75) is 6.10 Å². The highest BCUT2D eigenvalue weighted by atomic mass is 32.1. The van der Waals surface area contributed by atoms with E-state index in [-0.39, 0.29) is 5.91 Å². The normalized spacial score (nSPS) is 16.4. The van der Waals surface area contributed by atoms with E-state index in [0.717, 1.165) is 23.7 Å². The molecular weight excluding hydrogens is 364 g/mol. The van der Waals surface area contributed by atoms with E-state index in [1.54, 1.807) is 17.4 Å². The number of piperazine rings is 1. The van der Waals surface area contributed by atoms with Crippen LogP contribution in [0.2, 0.25) is 0 Å². The number of aliphatic hydroxyl groups is 1. The van der Waals surface area contributed by atoms with E-state index in [9.17, 15) is 9.90 Å². The van der Waals surface area contributed by atoms with Gasteiger partial charge >= 0.3 is 0 Å². The van der Waals surface area contributed by atoms with Gasteiger partial charge in [-0.1, -0.05) is 12.1 Å². The largest absolute Gasteiger partial charge is 0.386 e. The molecule has 0 radical (unpaired) electrons. The Kier molecular flexibility index (Phi) is 5.23. The summed E-state index contributed by atoms with van der Waals surface area (Å²) in [4.78, 5) is 17.9. The van der Waals surface area contributed by atoms with Gasteiger partial charge in [0.15, 0.2) is 0 Å². The van der Waals surface area contributed by atoms with Crippen molar-refractivity contribution in [3.63, 3.8) is 0 Å². The van der Waals surface area contributed by atoms with Crippen LogP contribution in [0.25, 0.3) is 5.69 Å². The lowest BCUT2D eigenvalue weighted by molar-refractivity contribution is 0.0533. The molecule has 9 heteroatoms. The molecule has 1 aliphatic heterocycles. The molecule has 27 heavy (non-hydrogen) atoms. The number of thiophene rings is 1. The number of amides is 1. The number of carbonyl (C=O) groups excluding carboxylic acids is 1. The van der Waals surface area contributed by atoms with Crippen LogP contribution in [0.5, 0.6) is 0 Å². The van der Waals surface area contributed by atoms with E-state index in [1.807, 2.05) is 40.6 Å². The molecule has 0 bridgehead atoms. The molecule has 1 saturated heterocycles. The summed E-state index contributed by atoms with van der Waals surface area (Å²) in [7, 11) is 0. The lowest BCUT2D eigenvalue weighted by atomic mass is 10.1. The van der Waals surface area contributed by atoms with E-state index in [4.69, 9.17) is 0 Å². The molecule has 1 atom stereocenters. The predicted molar refractivity (Wildman–Crippen MR) is 101 cm³/mol. The van der Waals surface area contributed by atoms with Gasteiger partial charge in [-0.2, -0.15) is 0 Å². The third kappa shape index (κ3) is 4.05. The van der Waals surface area contributed by atoms with E-state index in [0.29, 0.717) is 25.2 Å². The molecule has 0 aliphatic carbocycles. The van der Waals surface area contributed by atoms with Crippen molar-refractivity contribution < 1.29 is 9.90 Å². The van der Waals surface area contributed by atoms with Crippen LogP contribution in [-0.2, 0) is 0 Å². The van der Waals surface area contributed by atoms with Crippen LogP contribution in [0.1, 0.15) is 21.3 Å². The molecule has 1 aliphatic rings. The monoisotopic (exact) mass is 384 g/mol. The molecular formula is C18H20N6O2S. The summed E-state index contributed by atoms with van der Waals surface area (Å²) in [6, 6.07) is 11.2. The first-order chi connectivity index (χ1) is 13.2. The fourth-order valence-electron chi connectivity index (χ4n) is 3.19. The Morgan fingerprint density at radius 1 is 1.19 bits per heavy atom. The fraction of sp³-hybridized carbons (Fsp3) is 0.333. The maximum atomic E-state index is 12.8. The average molecular weight is 384 g/mol. The first-order valence-electron chi connectivity index (χ1n) is 8.77. The Morgan fingerprint density at radius 3 is 2.74 bits per heavy atom. The third-order valence-corrected chi connectivity index (χ3v) is 5.64. The summed E-state index contributed by atoms with van der Waals surface area (Å²) < 4.78 is 1.53. The third-order valence-electron chi connectivity index (χ3n) is 4.67. The highest BCUT2D eigenvalue weighted by molar-refractivity contribution is 7.10. The summed E-state index contributed by atoms with van der Waals surface area (Å²) in [5, 5.41) is 23.4. The zero-order valence-corrected chi connectivity index (χ0v) is 15.5. The van der Waals surface area contributed by atoms with Crippen molar-refractivity contribution in [3.05, 3.63) is 58.5 Å². The first-order valence-corrected chi connectivity index (χ1v) is 9.65. The Balaban J connectivity index is 1.35. The number of aliphatic hydroxyl groups excluding tert-OH is 1. The van der Waals surface area contributed by atoms with Crippen molar-refractivity contribution in [2.24, 2.45) is 0 Å². The molecule has 0 spiro atoms. The number of hydrogen-bond acceptors (Lipinski definition) is 7. The summed E-state index contributed by atoms with van der Waals surface area (Å²) in [6.45, 7) is 3.38. The Hall–Kier alpha value is -2.62.